The second-order valence-corrected chi connectivity index (χ2v) is 6.07. The van der Waals surface area contributed by atoms with Crippen LogP contribution in [-0.2, 0) is 7.05 Å². The smallest absolute Gasteiger partial charge is 0.324 e. The molecule has 1 saturated heterocycles. The fourth-order valence-corrected chi connectivity index (χ4v) is 2.82. The fraction of sp³-hybridized carbons (Fsp3) is 0.400. The standard InChI is InChI=1S/C15H18ClN5O2/c1-20-14(22)18-13(19-20)10-6-8-21(9-7-10)15(23)17-12-4-2-11(16)3-5-12/h2-5,10H,6-9H2,1H3,(H,17,23)(H,18,19,22). The Hall–Kier alpha value is -2.28. The Morgan fingerprint density at radius 1 is 1.30 bits per heavy atom. The van der Waals surface area contributed by atoms with Gasteiger partial charge in [-0.05, 0) is 37.1 Å². The summed E-state index contributed by atoms with van der Waals surface area (Å²) in [5, 5.41) is 7.69. The molecule has 1 fully saturated rings. The number of H-pyrrole nitrogens is 1. The van der Waals surface area contributed by atoms with Crippen LogP contribution >= 0.6 is 11.6 Å². The number of nitrogens with one attached hydrogen (secondary N) is 2. The van der Waals surface area contributed by atoms with E-state index in [-0.39, 0.29) is 17.6 Å². The van der Waals surface area contributed by atoms with Gasteiger partial charge in [0.25, 0.3) is 0 Å². The van der Waals surface area contributed by atoms with Gasteiger partial charge in [-0.1, -0.05) is 11.6 Å². The van der Waals surface area contributed by atoms with Gasteiger partial charge in [0.1, 0.15) is 5.82 Å². The molecule has 0 atom stereocenters. The zero-order valence-corrected chi connectivity index (χ0v) is 13.5. The molecule has 0 unspecified atom stereocenters. The molecule has 2 N–H and O–H groups in total. The van der Waals surface area contributed by atoms with E-state index in [1.165, 1.54) is 4.68 Å². The van der Waals surface area contributed by atoms with Crippen molar-refractivity contribution in [3.05, 3.63) is 45.6 Å². The predicted octanol–water partition coefficient (Wildman–Crippen LogP) is 2.17. The lowest BCUT2D eigenvalue weighted by molar-refractivity contribution is 0.193. The van der Waals surface area contributed by atoms with E-state index in [2.05, 4.69) is 15.4 Å². The van der Waals surface area contributed by atoms with Crippen molar-refractivity contribution < 1.29 is 4.79 Å². The first-order chi connectivity index (χ1) is 11.0. The quantitative estimate of drug-likeness (QED) is 0.882. The number of aryl methyl sites for hydroxylation is 1. The number of hydrogen-bond donors (Lipinski definition) is 2. The van der Waals surface area contributed by atoms with E-state index in [4.69, 9.17) is 11.6 Å². The van der Waals surface area contributed by atoms with Crippen LogP contribution in [0.5, 0.6) is 0 Å². The van der Waals surface area contributed by atoms with E-state index in [1.54, 1.807) is 36.2 Å². The van der Waals surface area contributed by atoms with Crippen molar-refractivity contribution in [1.82, 2.24) is 19.7 Å². The number of carbonyl (C=O) groups is 1. The first kappa shape index (κ1) is 15.6. The zero-order valence-electron chi connectivity index (χ0n) is 12.8. The molecule has 0 radical (unpaired) electrons. The number of carbonyl (C=O) groups excluding carboxylic acids is 1. The second kappa shape index (κ2) is 6.45. The van der Waals surface area contributed by atoms with Gasteiger partial charge in [0.15, 0.2) is 0 Å². The lowest BCUT2D eigenvalue weighted by Gasteiger charge is -2.31. The Labute approximate surface area is 138 Å². The Morgan fingerprint density at radius 3 is 2.52 bits per heavy atom. The molecule has 2 heterocycles. The van der Waals surface area contributed by atoms with E-state index in [9.17, 15) is 9.59 Å². The first-order valence-corrected chi connectivity index (χ1v) is 7.85. The molecule has 122 valence electrons. The summed E-state index contributed by atoms with van der Waals surface area (Å²) in [5.41, 5.74) is 0.512. The van der Waals surface area contributed by atoms with Crippen molar-refractivity contribution in [1.29, 1.82) is 0 Å². The number of aromatic nitrogens is 3. The summed E-state index contributed by atoms with van der Waals surface area (Å²) in [5.74, 6) is 0.888. The van der Waals surface area contributed by atoms with Gasteiger partial charge >= 0.3 is 11.7 Å². The third kappa shape index (κ3) is 3.56. The minimum absolute atomic E-state index is 0.125. The van der Waals surface area contributed by atoms with Gasteiger partial charge < -0.3 is 10.2 Å². The van der Waals surface area contributed by atoms with Crippen LogP contribution in [0.3, 0.4) is 0 Å². The van der Waals surface area contributed by atoms with E-state index in [1.807, 2.05) is 0 Å². The van der Waals surface area contributed by atoms with Crippen molar-refractivity contribution in [3.8, 4) is 0 Å². The molecule has 0 saturated carbocycles. The summed E-state index contributed by atoms with van der Waals surface area (Å²) in [6.45, 7) is 1.26. The molecule has 1 aliphatic rings. The Morgan fingerprint density at radius 2 is 1.96 bits per heavy atom. The van der Waals surface area contributed by atoms with Crippen LogP contribution < -0.4 is 11.0 Å². The van der Waals surface area contributed by atoms with Crippen LogP contribution in [0.15, 0.2) is 29.1 Å². The van der Waals surface area contributed by atoms with Crippen LogP contribution in [0.25, 0.3) is 0 Å². The third-order valence-corrected chi connectivity index (χ3v) is 4.30. The minimum atomic E-state index is -0.206. The number of hydrogen-bond acceptors (Lipinski definition) is 3. The van der Waals surface area contributed by atoms with Crippen LogP contribution in [0.1, 0.15) is 24.6 Å². The maximum atomic E-state index is 12.3. The molecular formula is C15H18ClN5O2. The molecule has 2 amide bonds. The topological polar surface area (TPSA) is 83.0 Å². The number of urea groups is 1. The van der Waals surface area contributed by atoms with E-state index < -0.39 is 0 Å². The van der Waals surface area contributed by atoms with E-state index in [0.29, 0.717) is 23.9 Å². The molecule has 3 rings (SSSR count). The lowest BCUT2D eigenvalue weighted by Crippen LogP contribution is -2.40. The lowest BCUT2D eigenvalue weighted by atomic mass is 9.96. The number of piperidine rings is 1. The van der Waals surface area contributed by atoms with Gasteiger partial charge in [-0.15, -0.1) is 0 Å². The Bertz CT molecular complexity index is 744. The number of nitrogens with zero attached hydrogens (tertiary/aromatic N) is 3. The molecule has 1 aromatic carbocycles. The van der Waals surface area contributed by atoms with Crippen LogP contribution in [-0.4, -0.2) is 38.8 Å². The normalized spacial score (nSPS) is 15.7. The third-order valence-electron chi connectivity index (χ3n) is 4.05. The van der Waals surface area contributed by atoms with Gasteiger partial charge in [0.2, 0.25) is 0 Å². The van der Waals surface area contributed by atoms with Gasteiger partial charge in [-0.25, -0.2) is 14.3 Å². The monoisotopic (exact) mass is 335 g/mol. The highest BCUT2D eigenvalue weighted by atomic mass is 35.5. The van der Waals surface area contributed by atoms with Gasteiger partial charge in [-0.2, -0.15) is 5.10 Å². The molecule has 2 aromatic rings. The van der Waals surface area contributed by atoms with Crippen molar-refractivity contribution in [2.45, 2.75) is 18.8 Å². The van der Waals surface area contributed by atoms with Crippen molar-refractivity contribution in [2.75, 3.05) is 18.4 Å². The summed E-state index contributed by atoms with van der Waals surface area (Å²) >= 11 is 5.83. The van der Waals surface area contributed by atoms with Gasteiger partial charge in [0.05, 0.1) is 0 Å². The summed E-state index contributed by atoms with van der Waals surface area (Å²) < 4.78 is 1.30. The molecule has 0 spiro atoms. The molecule has 0 bridgehead atoms. The first-order valence-electron chi connectivity index (χ1n) is 7.47. The largest absolute Gasteiger partial charge is 0.343 e. The average molecular weight is 336 g/mol. The summed E-state index contributed by atoms with van der Waals surface area (Å²) in [4.78, 5) is 28.2. The molecule has 7 nitrogen and oxygen atoms in total. The van der Waals surface area contributed by atoms with Crippen molar-refractivity contribution in [2.24, 2.45) is 7.05 Å². The van der Waals surface area contributed by atoms with E-state index in [0.717, 1.165) is 18.5 Å². The highest BCUT2D eigenvalue weighted by molar-refractivity contribution is 6.30. The Balaban J connectivity index is 1.56. The number of halogens is 1. The predicted molar refractivity (Wildman–Crippen MR) is 87.8 cm³/mol. The second-order valence-electron chi connectivity index (χ2n) is 5.64. The molecule has 1 aliphatic heterocycles. The maximum absolute atomic E-state index is 12.3. The average Bonchev–Trinajstić information content (AvgIpc) is 2.89. The molecule has 8 heteroatoms. The van der Waals surface area contributed by atoms with Crippen molar-refractivity contribution in [3.63, 3.8) is 0 Å². The maximum Gasteiger partial charge on any atom is 0.343 e. The summed E-state index contributed by atoms with van der Waals surface area (Å²) in [6.07, 6.45) is 1.56. The van der Waals surface area contributed by atoms with Gasteiger partial charge in [-0.3, -0.25) is 4.98 Å². The van der Waals surface area contributed by atoms with E-state index >= 15 is 0 Å². The molecule has 1 aromatic heterocycles. The summed E-state index contributed by atoms with van der Waals surface area (Å²) in [6, 6.07) is 6.89. The number of likely N-dealkylation sites (tertiary alicyclic amines) is 1. The number of anilines is 1. The number of rotatable bonds is 2. The highest BCUT2D eigenvalue weighted by Crippen LogP contribution is 2.25. The molecule has 0 aliphatic carbocycles. The molecule has 23 heavy (non-hydrogen) atoms. The van der Waals surface area contributed by atoms with Crippen LogP contribution in [0.4, 0.5) is 10.5 Å². The minimum Gasteiger partial charge on any atom is -0.324 e. The van der Waals surface area contributed by atoms with Crippen LogP contribution in [0, 0.1) is 0 Å². The van der Waals surface area contributed by atoms with Gasteiger partial charge in [0, 0.05) is 36.8 Å². The Kier molecular flexibility index (Phi) is 4.38. The highest BCUT2D eigenvalue weighted by Gasteiger charge is 2.26. The SMILES string of the molecule is Cn1nc(C2CCN(C(=O)Nc3ccc(Cl)cc3)CC2)[nH]c1=O. The van der Waals surface area contributed by atoms with Crippen LogP contribution in [0.2, 0.25) is 5.02 Å². The van der Waals surface area contributed by atoms with Crippen molar-refractivity contribution >= 4 is 23.3 Å². The number of aromatic amines is 1. The summed E-state index contributed by atoms with van der Waals surface area (Å²) in [7, 11) is 1.62. The number of benzene rings is 1. The zero-order chi connectivity index (χ0) is 16.4. The molecular weight excluding hydrogens is 318 g/mol. The fourth-order valence-electron chi connectivity index (χ4n) is 2.70. The number of amides is 2.